The molecule has 36 heavy (non-hydrogen) atoms. The van der Waals surface area contributed by atoms with Crippen molar-refractivity contribution in [1.82, 2.24) is 0 Å². The number of aryl methyl sites for hydroxylation is 1. The summed E-state index contributed by atoms with van der Waals surface area (Å²) >= 11 is 0. The Balaban J connectivity index is 1.55. The van der Waals surface area contributed by atoms with E-state index in [2.05, 4.69) is 6.92 Å². The van der Waals surface area contributed by atoms with Gasteiger partial charge in [-0.25, -0.2) is 22.0 Å². The maximum Gasteiger partial charge on any atom is 0.167 e. The van der Waals surface area contributed by atoms with Crippen molar-refractivity contribution in [2.75, 3.05) is 13.2 Å². The highest BCUT2D eigenvalue weighted by molar-refractivity contribution is 5.72. The lowest BCUT2D eigenvalue weighted by Gasteiger charge is -2.28. The Morgan fingerprint density at radius 1 is 0.806 bits per heavy atom. The van der Waals surface area contributed by atoms with Crippen molar-refractivity contribution in [2.24, 2.45) is 5.92 Å². The monoisotopic (exact) mass is 504 g/mol. The van der Waals surface area contributed by atoms with Crippen molar-refractivity contribution in [2.45, 2.75) is 52.1 Å². The lowest BCUT2D eigenvalue weighted by molar-refractivity contribution is -0.0190. The Hall–Kier alpha value is -2.93. The van der Waals surface area contributed by atoms with Gasteiger partial charge in [-0.15, -0.1) is 0 Å². The first-order chi connectivity index (χ1) is 17.3. The minimum Gasteiger partial charge on any atom is -0.491 e. The molecule has 0 aromatic heterocycles. The van der Waals surface area contributed by atoms with Gasteiger partial charge < -0.3 is 9.47 Å². The van der Waals surface area contributed by atoms with E-state index < -0.39 is 34.6 Å². The highest BCUT2D eigenvalue weighted by Crippen LogP contribution is 2.35. The van der Waals surface area contributed by atoms with Gasteiger partial charge in [-0.3, -0.25) is 0 Å². The average Bonchev–Trinajstić information content (AvgIpc) is 2.88. The zero-order valence-electron chi connectivity index (χ0n) is 20.4. The topological polar surface area (TPSA) is 18.5 Å². The molecule has 192 valence electrons. The second-order valence-corrected chi connectivity index (χ2v) is 9.11. The van der Waals surface area contributed by atoms with Gasteiger partial charge in [-0.2, -0.15) is 0 Å². The largest absolute Gasteiger partial charge is 0.491 e. The fourth-order valence-electron chi connectivity index (χ4n) is 4.68. The zero-order chi connectivity index (χ0) is 25.8. The average molecular weight is 505 g/mol. The van der Waals surface area contributed by atoms with Crippen molar-refractivity contribution < 1.29 is 31.4 Å². The van der Waals surface area contributed by atoms with Crippen LogP contribution in [0.2, 0.25) is 0 Å². The van der Waals surface area contributed by atoms with E-state index in [0.29, 0.717) is 19.4 Å². The molecule has 1 aliphatic rings. The summed E-state index contributed by atoms with van der Waals surface area (Å²) in [7, 11) is 0. The molecule has 3 aromatic rings. The van der Waals surface area contributed by atoms with Crippen LogP contribution in [-0.2, 0) is 11.2 Å². The number of rotatable bonds is 8. The molecule has 0 saturated carbocycles. The SMILES string of the molecule is CCOc1ccc(-c2ccc(-c3ccc(CCC4CCC(CC)OC4)c(F)c3F)c(F)c2F)cc1F. The summed E-state index contributed by atoms with van der Waals surface area (Å²) in [4.78, 5) is 0. The number of benzene rings is 3. The van der Waals surface area contributed by atoms with Crippen LogP contribution in [0.1, 0.15) is 45.1 Å². The highest BCUT2D eigenvalue weighted by Gasteiger charge is 2.24. The van der Waals surface area contributed by atoms with Crippen LogP contribution >= 0.6 is 0 Å². The number of halogens is 5. The number of ether oxygens (including phenoxy) is 2. The molecule has 0 aliphatic carbocycles. The lowest BCUT2D eigenvalue weighted by Crippen LogP contribution is -2.25. The second kappa shape index (κ2) is 11.4. The van der Waals surface area contributed by atoms with Crippen LogP contribution in [0.25, 0.3) is 22.3 Å². The van der Waals surface area contributed by atoms with Gasteiger partial charge in [-0.05, 0) is 68.2 Å². The molecule has 2 nitrogen and oxygen atoms in total. The number of hydrogen-bond donors (Lipinski definition) is 0. The summed E-state index contributed by atoms with van der Waals surface area (Å²) in [5.74, 6) is -5.34. The maximum absolute atomic E-state index is 15.0. The third-order valence-corrected chi connectivity index (χ3v) is 6.82. The molecule has 0 spiro atoms. The smallest absolute Gasteiger partial charge is 0.167 e. The van der Waals surface area contributed by atoms with E-state index in [1.807, 2.05) is 0 Å². The summed E-state index contributed by atoms with van der Waals surface area (Å²) in [5, 5.41) is 0. The van der Waals surface area contributed by atoms with Crippen LogP contribution in [0, 0.1) is 35.0 Å². The molecular formula is C29H29F5O2. The normalized spacial score (nSPS) is 17.9. The van der Waals surface area contributed by atoms with Crippen LogP contribution in [-0.4, -0.2) is 19.3 Å². The Morgan fingerprint density at radius 2 is 1.47 bits per heavy atom. The van der Waals surface area contributed by atoms with E-state index in [4.69, 9.17) is 9.47 Å². The van der Waals surface area contributed by atoms with Crippen molar-refractivity contribution >= 4 is 0 Å². The molecule has 1 saturated heterocycles. The van der Waals surface area contributed by atoms with E-state index in [1.54, 1.807) is 6.92 Å². The van der Waals surface area contributed by atoms with Gasteiger partial charge in [0.25, 0.3) is 0 Å². The molecule has 0 amide bonds. The quantitative estimate of drug-likeness (QED) is 0.288. The van der Waals surface area contributed by atoms with Gasteiger partial charge in [-0.1, -0.05) is 37.3 Å². The third-order valence-electron chi connectivity index (χ3n) is 6.82. The number of hydrogen-bond acceptors (Lipinski definition) is 2. The fourth-order valence-corrected chi connectivity index (χ4v) is 4.68. The molecule has 1 aliphatic heterocycles. The lowest BCUT2D eigenvalue weighted by atomic mass is 9.91. The Labute approximate surface area is 208 Å². The van der Waals surface area contributed by atoms with E-state index in [9.17, 15) is 17.6 Å². The Morgan fingerprint density at radius 3 is 2.11 bits per heavy atom. The van der Waals surface area contributed by atoms with Gasteiger partial charge in [0.2, 0.25) is 0 Å². The standard InChI is InChI=1S/C29H29F5O2/c1-3-20-10-6-17(16-36-20)5-7-18-8-11-22(28(33)26(18)31)23-13-12-21(27(32)29(23)34)19-9-14-25(35-4-2)24(30)15-19/h8-9,11-15,17,20H,3-7,10,16H2,1-2H3. The van der Waals surface area contributed by atoms with E-state index in [0.717, 1.165) is 25.3 Å². The minimum absolute atomic E-state index is 0.00227. The molecular weight excluding hydrogens is 475 g/mol. The van der Waals surface area contributed by atoms with Crippen LogP contribution in [0.5, 0.6) is 5.75 Å². The Bertz CT molecular complexity index is 1220. The van der Waals surface area contributed by atoms with Gasteiger partial charge in [0.05, 0.1) is 12.7 Å². The predicted molar refractivity (Wildman–Crippen MR) is 129 cm³/mol. The van der Waals surface area contributed by atoms with Crippen LogP contribution < -0.4 is 4.74 Å². The van der Waals surface area contributed by atoms with Crippen molar-refractivity contribution in [3.05, 3.63) is 77.1 Å². The van der Waals surface area contributed by atoms with Crippen LogP contribution in [0.3, 0.4) is 0 Å². The van der Waals surface area contributed by atoms with Crippen molar-refractivity contribution in [3.63, 3.8) is 0 Å². The second-order valence-electron chi connectivity index (χ2n) is 9.11. The molecule has 0 bridgehead atoms. The first-order valence-corrected chi connectivity index (χ1v) is 12.3. The summed E-state index contributed by atoms with van der Waals surface area (Å²) in [5.41, 5.74) is -0.689. The highest BCUT2D eigenvalue weighted by atomic mass is 19.2. The molecule has 4 rings (SSSR count). The molecule has 7 heteroatoms. The van der Waals surface area contributed by atoms with Crippen molar-refractivity contribution in [3.8, 4) is 28.0 Å². The molecule has 1 fully saturated rings. The zero-order valence-corrected chi connectivity index (χ0v) is 20.4. The van der Waals surface area contributed by atoms with E-state index in [-0.39, 0.29) is 46.6 Å². The van der Waals surface area contributed by atoms with Gasteiger partial charge >= 0.3 is 0 Å². The first kappa shape index (κ1) is 26.1. The van der Waals surface area contributed by atoms with Gasteiger partial charge in [0.15, 0.2) is 34.8 Å². The molecule has 2 atom stereocenters. The molecule has 0 radical (unpaired) electrons. The van der Waals surface area contributed by atoms with Crippen LogP contribution in [0.4, 0.5) is 22.0 Å². The van der Waals surface area contributed by atoms with Crippen LogP contribution in [0.15, 0.2) is 42.5 Å². The van der Waals surface area contributed by atoms with Crippen molar-refractivity contribution in [1.29, 1.82) is 0 Å². The molecule has 2 unspecified atom stereocenters. The Kier molecular flexibility index (Phi) is 8.29. The first-order valence-electron chi connectivity index (χ1n) is 12.3. The summed E-state index contributed by atoms with van der Waals surface area (Å²) in [6, 6.07) is 8.85. The third kappa shape index (κ3) is 5.41. The van der Waals surface area contributed by atoms with Gasteiger partial charge in [0.1, 0.15) is 0 Å². The molecule has 1 heterocycles. The predicted octanol–water partition coefficient (Wildman–Crippen LogP) is 8.25. The molecule has 3 aromatic carbocycles. The maximum atomic E-state index is 15.0. The van der Waals surface area contributed by atoms with E-state index in [1.165, 1.54) is 36.4 Å². The summed E-state index contributed by atoms with van der Waals surface area (Å²) in [6.45, 7) is 4.63. The van der Waals surface area contributed by atoms with E-state index >= 15 is 4.39 Å². The summed E-state index contributed by atoms with van der Waals surface area (Å²) < 4.78 is 84.9. The fraction of sp³-hybridized carbons (Fsp3) is 0.379. The summed E-state index contributed by atoms with van der Waals surface area (Å²) in [6.07, 6.45) is 4.15. The van der Waals surface area contributed by atoms with Gasteiger partial charge in [0, 0.05) is 23.3 Å². The molecule has 0 N–H and O–H groups in total. The minimum atomic E-state index is -1.34.